The van der Waals surface area contributed by atoms with Crippen LogP contribution in [-0.2, 0) is 19.1 Å². The fraction of sp³-hybridized carbons (Fsp3) is 0.808. The van der Waals surface area contributed by atoms with Crippen LogP contribution in [0.4, 0.5) is 0 Å². The Bertz CT molecular complexity index is 672. The van der Waals surface area contributed by atoms with Crippen LogP contribution >= 0.6 is 0 Å². The van der Waals surface area contributed by atoms with E-state index < -0.39 is 6.04 Å². The smallest absolute Gasteiger partial charge is 0.333 e. The third kappa shape index (κ3) is 8.76. The summed E-state index contributed by atoms with van der Waals surface area (Å²) in [5, 5.41) is 3.06. The number of rotatable bonds is 10. The van der Waals surface area contributed by atoms with Gasteiger partial charge >= 0.3 is 5.97 Å². The van der Waals surface area contributed by atoms with Gasteiger partial charge in [0.05, 0.1) is 18.7 Å². The monoisotopic (exact) mass is 467 g/mol. The lowest BCUT2D eigenvalue weighted by atomic mass is 9.95. The lowest BCUT2D eigenvalue weighted by molar-refractivity contribution is -0.140. The van der Waals surface area contributed by atoms with Crippen molar-refractivity contribution in [3.63, 3.8) is 0 Å². The van der Waals surface area contributed by atoms with E-state index in [2.05, 4.69) is 24.1 Å². The Morgan fingerprint density at radius 2 is 1.70 bits per heavy atom. The summed E-state index contributed by atoms with van der Waals surface area (Å²) in [6.07, 6.45) is 4.73. The summed E-state index contributed by atoms with van der Waals surface area (Å²) >= 11 is 0. The number of carbonyl (C=O) groups is 3. The molecule has 1 fully saturated rings. The standard InChI is InChI=1S/C25H45N3O4.CH4/c1-10-32-25(31)19(8)15-21(16(2)3)27(9)24(30)22(17(4)5)26-23(29)20-13-11-12-14-28(20)18(6)7;/h15-18,20-22H,10-14H2,1-9H3,(H,26,29);1H4/b19-15+;/t20-,21-,22+;/m1./s1. The van der Waals surface area contributed by atoms with E-state index in [4.69, 9.17) is 4.74 Å². The number of amides is 2. The highest BCUT2D eigenvalue weighted by Crippen LogP contribution is 2.21. The number of hydrogen-bond donors (Lipinski definition) is 1. The second kappa shape index (κ2) is 14.4. The maximum absolute atomic E-state index is 13.5. The van der Waals surface area contributed by atoms with E-state index in [-0.39, 0.29) is 55.2 Å². The molecule has 3 atom stereocenters. The average molecular weight is 468 g/mol. The van der Waals surface area contributed by atoms with Gasteiger partial charge in [-0.1, -0.05) is 47.6 Å². The van der Waals surface area contributed by atoms with Gasteiger partial charge in [0.15, 0.2) is 0 Å². The van der Waals surface area contributed by atoms with Crippen LogP contribution in [-0.4, -0.2) is 72.0 Å². The molecular weight excluding hydrogens is 418 g/mol. The summed E-state index contributed by atoms with van der Waals surface area (Å²) in [4.78, 5) is 42.7. The number of likely N-dealkylation sites (tertiary alicyclic amines) is 1. The lowest BCUT2D eigenvalue weighted by Crippen LogP contribution is -2.58. The van der Waals surface area contributed by atoms with Crippen LogP contribution in [0.1, 0.15) is 82.1 Å². The zero-order chi connectivity index (χ0) is 24.6. The topological polar surface area (TPSA) is 79.0 Å². The van der Waals surface area contributed by atoms with Crippen LogP contribution in [0.2, 0.25) is 0 Å². The molecule has 7 heteroatoms. The van der Waals surface area contributed by atoms with Crippen molar-refractivity contribution >= 4 is 17.8 Å². The van der Waals surface area contributed by atoms with E-state index in [1.165, 1.54) is 0 Å². The first kappa shape index (κ1) is 31.1. The van der Waals surface area contributed by atoms with Gasteiger partial charge in [0.2, 0.25) is 11.8 Å². The third-order valence-corrected chi connectivity index (χ3v) is 6.24. The normalized spacial score (nSPS) is 19.2. The van der Waals surface area contributed by atoms with Gasteiger partial charge in [-0.3, -0.25) is 14.5 Å². The molecule has 7 nitrogen and oxygen atoms in total. The lowest BCUT2D eigenvalue weighted by Gasteiger charge is -2.39. The highest BCUT2D eigenvalue weighted by Gasteiger charge is 2.36. The Morgan fingerprint density at radius 1 is 1.09 bits per heavy atom. The molecular formula is C26H49N3O4. The fourth-order valence-electron chi connectivity index (χ4n) is 4.30. The quantitative estimate of drug-likeness (QED) is 0.388. The minimum Gasteiger partial charge on any atom is -0.463 e. The van der Waals surface area contributed by atoms with Crippen LogP contribution < -0.4 is 5.32 Å². The molecule has 0 aromatic rings. The highest BCUT2D eigenvalue weighted by atomic mass is 16.5. The first-order chi connectivity index (χ1) is 14.9. The first-order valence-corrected chi connectivity index (χ1v) is 12.1. The van der Waals surface area contributed by atoms with Gasteiger partial charge < -0.3 is 15.0 Å². The third-order valence-electron chi connectivity index (χ3n) is 6.24. The second-order valence-corrected chi connectivity index (χ2v) is 9.83. The molecule has 1 aliphatic heterocycles. The molecule has 1 heterocycles. The molecule has 0 saturated carbocycles. The second-order valence-electron chi connectivity index (χ2n) is 9.83. The number of piperidine rings is 1. The van der Waals surface area contributed by atoms with Gasteiger partial charge in [0.25, 0.3) is 0 Å². The molecule has 2 amide bonds. The van der Waals surface area contributed by atoms with Crippen molar-refractivity contribution < 1.29 is 19.1 Å². The summed E-state index contributed by atoms with van der Waals surface area (Å²) in [5.74, 6) is -0.566. The molecule has 1 aliphatic rings. The molecule has 1 N–H and O–H groups in total. The molecule has 0 radical (unpaired) electrons. The fourth-order valence-corrected chi connectivity index (χ4v) is 4.30. The highest BCUT2D eigenvalue weighted by molar-refractivity contribution is 5.91. The minimum atomic E-state index is -0.624. The molecule has 0 unspecified atom stereocenters. The summed E-state index contributed by atoms with van der Waals surface area (Å²) in [6, 6.07) is -0.828. The minimum absolute atomic E-state index is 0. The Balaban J connectivity index is 0.0000102. The molecule has 192 valence electrons. The maximum Gasteiger partial charge on any atom is 0.333 e. The Hall–Kier alpha value is -1.89. The van der Waals surface area contributed by atoms with E-state index in [1.807, 2.05) is 27.7 Å². The van der Waals surface area contributed by atoms with Crippen LogP contribution in [0, 0.1) is 11.8 Å². The summed E-state index contributed by atoms with van der Waals surface area (Å²) in [5.41, 5.74) is 0.477. The van der Waals surface area contributed by atoms with Crippen molar-refractivity contribution in [1.29, 1.82) is 0 Å². The van der Waals surface area contributed by atoms with Crippen molar-refractivity contribution in [2.75, 3.05) is 20.2 Å². The predicted octanol–water partition coefficient (Wildman–Crippen LogP) is 4.02. The number of carbonyl (C=O) groups excluding carboxylic acids is 3. The number of esters is 1. The van der Waals surface area contributed by atoms with Crippen LogP contribution in [0.25, 0.3) is 0 Å². The summed E-state index contributed by atoms with van der Waals surface area (Å²) in [6.45, 7) is 16.8. The van der Waals surface area contributed by atoms with Gasteiger partial charge in [-0.2, -0.15) is 0 Å². The Labute approximate surface area is 202 Å². The predicted molar refractivity (Wildman–Crippen MR) is 135 cm³/mol. The van der Waals surface area contributed by atoms with E-state index in [1.54, 1.807) is 31.9 Å². The van der Waals surface area contributed by atoms with E-state index in [9.17, 15) is 14.4 Å². The number of nitrogens with one attached hydrogen (secondary N) is 1. The van der Waals surface area contributed by atoms with Gasteiger partial charge in [0.1, 0.15) is 6.04 Å². The van der Waals surface area contributed by atoms with E-state index >= 15 is 0 Å². The van der Waals surface area contributed by atoms with Gasteiger partial charge in [-0.15, -0.1) is 0 Å². The molecule has 1 rings (SSSR count). The molecule has 0 aliphatic carbocycles. The molecule has 1 saturated heterocycles. The number of ether oxygens (including phenoxy) is 1. The first-order valence-electron chi connectivity index (χ1n) is 12.1. The number of likely N-dealkylation sites (N-methyl/N-ethyl adjacent to an activating group) is 1. The summed E-state index contributed by atoms with van der Waals surface area (Å²) < 4.78 is 5.09. The molecule has 0 aromatic carbocycles. The molecule has 0 spiro atoms. The maximum atomic E-state index is 13.5. The molecule has 0 aromatic heterocycles. The zero-order valence-corrected chi connectivity index (χ0v) is 21.6. The van der Waals surface area contributed by atoms with Crippen molar-refractivity contribution in [3.05, 3.63) is 11.6 Å². The van der Waals surface area contributed by atoms with Crippen LogP contribution in [0.3, 0.4) is 0 Å². The Morgan fingerprint density at radius 3 is 2.18 bits per heavy atom. The van der Waals surface area contributed by atoms with Gasteiger partial charge in [0, 0.05) is 18.7 Å². The summed E-state index contributed by atoms with van der Waals surface area (Å²) in [7, 11) is 1.74. The Kier molecular flexibility index (Phi) is 13.6. The number of hydrogen-bond acceptors (Lipinski definition) is 5. The van der Waals surface area contributed by atoms with Crippen molar-refractivity contribution in [1.82, 2.24) is 15.1 Å². The number of nitrogens with zero attached hydrogens (tertiary/aromatic N) is 2. The van der Waals surface area contributed by atoms with Crippen LogP contribution in [0.15, 0.2) is 11.6 Å². The largest absolute Gasteiger partial charge is 0.463 e. The van der Waals surface area contributed by atoms with Crippen molar-refractivity contribution in [3.8, 4) is 0 Å². The van der Waals surface area contributed by atoms with Gasteiger partial charge in [-0.25, -0.2) is 4.79 Å². The SMILES string of the molecule is C.CCOC(=O)/C(C)=C/[C@H](C(C)C)N(C)C(=O)[C@@H](NC(=O)[C@H]1CCCCN1C(C)C)C(C)C. The average Bonchev–Trinajstić information content (AvgIpc) is 2.74. The molecule has 33 heavy (non-hydrogen) atoms. The van der Waals surface area contributed by atoms with Crippen molar-refractivity contribution in [2.45, 2.75) is 106 Å². The van der Waals surface area contributed by atoms with Crippen LogP contribution in [0.5, 0.6) is 0 Å². The zero-order valence-electron chi connectivity index (χ0n) is 21.6. The van der Waals surface area contributed by atoms with Gasteiger partial charge in [-0.05, 0) is 58.9 Å². The van der Waals surface area contributed by atoms with Crippen molar-refractivity contribution in [2.24, 2.45) is 11.8 Å². The van der Waals surface area contributed by atoms with E-state index in [0.717, 1.165) is 25.8 Å². The molecule has 0 bridgehead atoms. The van der Waals surface area contributed by atoms with E-state index in [0.29, 0.717) is 12.2 Å².